The Hall–Kier alpha value is -0.540. The molecule has 0 atom stereocenters. The first kappa shape index (κ1) is 13.1. The van der Waals surface area contributed by atoms with Crippen LogP contribution in [0.15, 0.2) is 18.7 Å². The highest BCUT2D eigenvalue weighted by Gasteiger charge is 1.69. The average molecular weight is 178 g/mol. The van der Waals surface area contributed by atoms with Gasteiger partial charge >= 0.3 is 0 Å². The molecule has 1 aromatic heterocycles. The Labute approximate surface area is 74.0 Å². The topological polar surface area (TPSA) is 43.8 Å². The number of aryl methyl sites for hydroxylation is 1. The number of imidazole rings is 1. The number of aromatic nitrogens is 2. The van der Waals surface area contributed by atoms with Gasteiger partial charge in [0.25, 0.3) is 0 Å². The molecule has 66 valence electrons. The summed E-state index contributed by atoms with van der Waals surface area (Å²) in [5.74, 6) is 0. The Morgan fingerprint density at radius 3 is 2.18 bits per heavy atom. The molecule has 0 aliphatic rings. The van der Waals surface area contributed by atoms with Gasteiger partial charge in [0.05, 0.1) is 6.33 Å². The van der Waals surface area contributed by atoms with Crippen molar-refractivity contribution in [3.8, 4) is 0 Å². The van der Waals surface area contributed by atoms with Crippen molar-refractivity contribution < 1.29 is 0 Å². The SMILES string of the molecule is CCCN.Cl.Cn1ccnc1. The molecule has 0 bridgehead atoms. The van der Waals surface area contributed by atoms with Crippen LogP contribution in [0.25, 0.3) is 0 Å². The fourth-order valence-corrected chi connectivity index (χ4v) is 0.326. The first-order chi connectivity index (χ1) is 4.81. The summed E-state index contributed by atoms with van der Waals surface area (Å²) in [5, 5.41) is 0. The third kappa shape index (κ3) is 9.46. The highest BCUT2D eigenvalue weighted by atomic mass is 35.5. The van der Waals surface area contributed by atoms with Crippen molar-refractivity contribution >= 4 is 12.4 Å². The standard InChI is InChI=1S/C4H6N2.C3H9N.ClH/c1-6-3-2-5-4-6;1-2-3-4;/h2-4H,1H3;2-4H2,1H3;1H. The molecule has 0 amide bonds. The van der Waals surface area contributed by atoms with Crippen molar-refractivity contribution in [2.45, 2.75) is 13.3 Å². The second-order valence-corrected chi connectivity index (χ2v) is 2.02. The predicted octanol–water partition coefficient (Wildman–Crippen LogP) is 1.20. The summed E-state index contributed by atoms with van der Waals surface area (Å²) in [6.45, 7) is 2.88. The van der Waals surface area contributed by atoms with Crippen LogP contribution >= 0.6 is 12.4 Å². The van der Waals surface area contributed by atoms with Crippen molar-refractivity contribution in [1.82, 2.24) is 9.55 Å². The summed E-state index contributed by atoms with van der Waals surface area (Å²) in [6, 6.07) is 0. The van der Waals surface area contributed by atoms with Gasteiger partial charge in [-0.25, -0.2) is 4.98 Å². The average Bonchev–Trinajstić information content (AvgIpc) is 2.40. The molecule has 1 heterocycles. The molecule has 0 unspecified atom stereocenters. The van der Waals surface area contributed by atoms with E-state index in [9.17, 15) is 0 Å². The summed E-state index contributed by atoms with van der Waals surface area (Å²) in [4.78, 5) is 3.78. The quantitative estimate of drug-likeness (QED) is 0.701. The van der Waals surface area contributed by atoms with Crippen LogP contribution in [0.2, 0.25) is 0 Å². The second-order valence-electron chi connectivity index (χ2n) is 2.02. The van der Waals surface area contributed by atoms with E-state index in [-0.39, 0.29) is 12.4 Å². The maximum absolute atomic E-state index is 5.03. The summed E-state index contributed by atoms with van der Waals surface area (Å²) in [6.07, 6.45) is 6.49. The maximum Gasteiger partial charge on any atom is 0.0943 e. The zero-order chi connectivity index (χ0) is 7.82. The summed E-state index contributed by atoms with van der Waals surface area (Å²) >= 11 is 0. The molecular weight excluding hydrogens is 162 g/mol. The van der Waals surface area contributed by atoms with Gasteiger partial charge in [-0.3, -0.25) is 0 Å². The molecule has 2 N–H and O–H groups in total. The zero-order valence-corrected chi connectivity index (χ0v) is 7.84. The lowest BCUT2D eigenvalue weighted by Gasteiger charge is -1.76. The van der Waals surface area contributed by atoms with Gasteiger partial charge in [-0.15, -0.1) is 12.4 Å². The molecule has 0 aliphatic carbocycles. The number of nitrogens with zero attached hydrogens (tertiary/aromatic N) is 2. The molecule has 0 aromatic carbocycles. The van der Waals surface area contributed by atoms with Gasteiger partial charge in [-0.2, -0.15) is 0 Å². The van der Waals surface area contributed by atoms with E-state index >= 15 is 0 Å². The van der Waals surface area contributed by atoms with E-state index in [1.54, 1.807) is 12.5 Å². The first-order valence-electron chi connectivity index (χ1n) is 3.43. The summed E-state index contributed by atoms with van der Waals surface area (Å²) in [5.41, 5.74) is 5.03. The number of nitrogens with two attached hydrogens (primary N) is 1. The summed E-state index contributed by atoms with van der Waals surface area (Å²) in [7, 11) is 1.94. The van der Waals surface area contributed by atoms with Crippen LogP contribution in [0.4, 0.5) is 0 Å². The van der Waals surface area contributed by atoms with E-state index in [1.807, 2.05) is 17.8 Å². The molecule has 0 fully saturated rings. The minimum atomic E-state index is 0. The number of rotatable bonds is 1. The van der Waals surface area contributed by atoms with Crippen molar-refractivity contribution in [2.24, 2.45) is 12.8 Å². The number of hydrogen-bond acceptors (Lipinski definition) is 2. The predicted molar refractivity (Wildman–Crippen MR) is 49.8 cm³/mol. The zero-order valence-electron chi connectivity index (χ0n) is 7.03. The molecule has 0 spiro atoms. The Morgan fingerprint density at radius 2 is 2.09 bits per heavy atom. The second kappa shape index (κ2) is 9.46. The smallest absolute Gasteiger partial charge is 0.0943 e. The number of halogens is 1. The van der Waals surface area contributed by atoms with Gasteiger partial charge in [0.1, 0.15) is 0 Å². The monoisotopic (exact) mass is 177 g/mol. The highest BCUT2D eigenvalue weighted by molar-refractivity contribution is 5.85. The van der Waals surface area contributed by atoms with E-state index in [4.69, 9.17) is 5.73 Å². The Balaban J connectivity index is 0. The van der Waals surface area contributed by atoms with Crippen molar-refractivity contribution in [3.05, 3.63) is 18.7 Å². The highest BCUT2D eigenvalue weighted by Crippen LogP contribution is 1.73. The van der Waals surface area contributed by atoms with Gasteiger partial charge in [0, 0.05) is 19.4 Å². The van der Waals surface area contributed by atoms with Crippen molar-refractivity contribution in [2.75, 3.05) is 6.54 Å². The molecule has 0 saturated carbocycles. The minimum Gasteiger partial charge on any atom is -0.341 e. The van der Waals surface area contributed by atoms with Crippen LogP contribution in [-0.4, -0.2) is 16.1 Å². The fourth-order valence-electron chi connectivity index (χ4n) is 0.326. The molecule has 0 radical (unpaired) electrons. The largest absolute Gasteiger partial charge is 0.341 e. The Kier molecular flexibility index (Phi) is 11.2. The van der Waals surface area contributed by atoms with E-state index in [0.29, 0.717) is 0 Å². The van der Waals surface area contributed by atoms with Gasteiger partial charge in [0.2, 0.25) is 0 Å². The Morgan fingerprint density at radius 1 is 1.55 bits per heavy atom. The molecule has 1 aromatic rings. The molecule has 3 nitrogen and oxygen atoms in total. The minimum absolute atomic E-state index is 0. The molecule has 11 heavy (non-hydrogen) atoms. The van der Waals surface area contributed by atoms with Gasteiger partial charge in [-0.1, -0.05) is 6.92 Å². The lowest BCUT2D eigenvalue weighted by molar-refractivity contribution is 0.913. The molecule has 0 saturated heterocycles. The summed E-state index contributed by atoms with van der Waals surface area (Å²) < 4.78 is 1.89. The van der Waals surface area contributed by atoms with E-state index in [1.165, 1.54) is 0 Å². The lowest BCUT2D eigenvalue weighted by atomic mass is 10.5. The van der Waals surface area contributed by atoms with Gasteiger partial charge in [-0.05, 0) is 13.0 Å². The van der Waals surface area contributed by atoms with Crippen LogP contribution in [0, 0.1) is 0 Å². The number of hydrogen-bond donors (Lipinski definition) is 1. The fraction of sp³-hybridized carbons (Fsp3) is 0.571. The molecule has 4 heteroatoms. The first-order valence-corrected chi connectivity index (χ1v) is 3.43. The maximum atomic E-state index is 5.03. The van der Waals surface area contributed by atoms with E-state index in [0.717, 1.165) is 13.0 Å². The molecule has 0 aliphatic heterocycles. The molecule has 1 rings (SSSR count). The van der Waals surface area contributed by atoms with Crippen molar-refractivity contribution in [1.29, 1.82) is 0 Å². The van der Waals surface area contributed by atoms with Crippen LogP contribution < -0.4 is 5.73 Å². The van der Waals surface area contributed by atoms with Crippen LogP contribution in [0.3, 0.4) is 0 Å². The van der Waals surface area contributed by atoms with Gasteiger partial charge < -0.3 is 10.3 Å². The normalized spacial score (nSPS) is 7.55. The van der Waals surface area contributed by atoms with E-state index < -0.39 is 0 Å². The van der Waals surface area contributed by atoms with Crippen LogP contribution in [0.5, 0.6) is 0 Å². The third-order valence-electron chi connectivity index (χ3n) is 0.925. The van der Waals surface area contributed by atoms with Gasteiger partial charge in [0.15, 0.2) is 0 Å². The van der Waals surface area contributed by atoms with E-state index in [2.05, 4.69) is 11.9 Å². The third-order valence-corrected chi connectivity index (χ3v) is 0.925. The van der Waals surface area contributed by atoms with Crippen molar-refractivity contribution in [3.63, 3.8) is 0 Å². The molecular formula is C7H16ClN3. The Bertz CT molecular complexity index is 137. The van der Waals surface area contributed by atoms with Crippen LogP contribution in [-0.2, 0) is 7.05 Å². The lowest BCUT2D eigenvalue weighted by Crippen LogP contribution is -1.93. The van der Waals surface area contributed by atoms with Crippen LogP contribution in [0.1, 0.15) is 13.3 Å².